The summed E-state index contributed by atoms with van der Waals surface area (Å²) in [6.45, 7) is 2.40. The molecular weight excluding hydrogens is 286 g/mol. The van der Waals surface area contributed by atoms with Gasteiger partial charge in [-0.05, 0) is 22.0 Å². The highest BCUT2D eigenvalue weighted by atomic mass is 79.9. The highest BCUT2D eigenvalue weighted by Gasteiger charge is 2.18. The average Bonchev–Trinajstić information content (AvgIpc) is 2.87. The van der Waals surface area contributed by atoms with Gasteiger partial charge in [0.05, 0.1) is 18.3 Å². The highest BCUT2D eigenvalue weighted by Crippen LogP contribution is 2.17. The molecule has 17 heavy (non-hydrogen) atoms. The van der Waals surface area contributed by atoms with Gasteiger partial charge in [0.15, 0.2) is 0 Å². The van der Waals surface area contributed by atoms with E-state index < -0.39 is 0 Å². The molecular formula is C10H10BrN5O. The molecule has 2 aromatic heterocycles. The monoisotopic (exact) mass is 295 g/mol. The number of hydrazone groups is 1. The Morgan fingerprint density at radius 2 is 2.41 bits per heavy atom. The fraction of sp³-hybridized carbons (Fsp3) is 0.300. The maximum atomic E-state index is 5.46. The summed E-state index contributed by atoms with van der Waals surface area (Å²) >= 11 is 3.40. The first-order valence-corrected chi connectivity index (χ1v) is 5.95. The maximum Gasteiger partial charge on any atom is 0.205 e. The molecule has 3 heterocycles. The Bertz CT molecular complexity index is 593. The summed E-state index contributed by atoms with van der Waals surface area (Å²) in [6, 6.07) is 1.98. The number of pyridine rings is 1. The van der Waals surface area contributed by atoms with Gasteiger partial charge in [0.25, 0.3) is 0 Å². The number of nitrogens with one attached hydrogen (secondary N) is 1. The Balaban J connectivity index is 1.88. The maximum absolute atomic E-state index is 5.46. The van der Waals surface area contributed by atoms with Crippen molar-refractivity contribution in [2.24, 2.45) is 5.10 Å². The second-order valence-electron chi connectivity index (χ2n) is 3.75. The van der Waals surface area contributed by atoms with E-state index in [9.17, 15) is 0 Å². The molecule has 0 saturated heterocycles. The first-order valence-electron chi connectivity index (χ1n) is 5.16. The van der Waals surface area contributed by atoms with Crippen LogP contribution in [-0.2, 0) is 11.3 Å². The van der Waals surface area contributed by atoms with Crippen molar-refractivity contribution in [3.63, 3.8) is 0 Å². The van der Waals surface area contributed by atoms with E-state index >= 15 is 0 Å². The fourth-order valence-corrected chi connectivity index (χ4v) is 2.05. The van der Waals surface area contributed by atoms with Crippen molar-refractivity contribution >= 4 is 32.9 Å². The molecule has 0 spiro atoms. The summed E-state index contributed by atoms with van der Waals surface area (Å²) in [4.78, 5) is 4.27. The molecule has 0 aromatic carbocycles. The predicted octanol–water partition coefficient (Wildman–Crippen LogP) is 1.47. The van der Waals surface area contributed by atoms with Crippen molar-refractivity contribution in [2.45, 2.75) is 19.7 Å². The molecule has 1 aliphatic heterocycles. The lowest BCUT2D eigenvalue weighted by atomic mass is 10.4. The molecule has 1 unspecified atom stereocenters. The van der Waals surface area contributed by atoms with Crippen molar-refractivity contribution in [2.75, 3.05) is 0 Å². The zero-order valence-electron chi connectivity index (χ0n) is 9.09. The Hall–Kier alpha value is -1.63. The standard InChI is InChI=1S/C10H10BrN5O/c1-6-14-15-10(17-6)5-16-9-2-7(11)3-12-8(9)4-13-16/h2-4,10,15H,5H2,1H3. The molecule has 3 rings (SSSR count). The minimum atomic E-state index is -0.169. The third-order valence-electron chi connectivity index (χ3n) is 2.48. The van der Waals surface area contributed by atoms with Crippen molar-refractivity contribution in [3.05, 3.63) is 22.9 Å². The molecule has 7 heteroatoms. The van der Waals surface area contributed by atoms with Gasteiger partial charge in [-0.15, -0.1) is 5.10 Å². The smallest absolute Gasteiger partial charge is 0.205 e. The van der Waals surface area contributed by atoms with Crippen LogP contribution in [0.1, 0.15) is 6.92 Å². The molecule has 0 radical (unpaired) electrons. The van der Waals surface area contributed by atoms with Crippen LogP contribution in [0.3, 0.4) is 0 Å². The highest BCUT2D eigenvalue weighted by molar-refractivity contribution is 9.10. The van der Waals surface area contributed by atoms with E-state index in [4.69, 9.17) is 4.74 Å². The van der Waals surface area contributed by atoms with Crippen LogP contribution in [0.5, 0.6) is 0 Å². The molecule has 1 N–H and O–H groups in total. The molecule has 0 saturated carbocycles. The molecule has 1 atom stereocenters. The number of aromatic nitrogens is 3. The van der Waals surface area contributed by atoms with Gasteiger partial charge in [0.1, 0.15) is 5.52 Å². The number of hydrogen-bond acceptors (Lipinski definition) is 5. The lowest BCUT2D eigenvalue weighted by Gasteiger charge is -2.11. The van der Waals surface area contributed by atoms with E-state index in [-0.39, 0.29) is 6.23 Å². The van der Waals surface area contributed by atoms with E-state index in [0.717, 1.165) is 15.5 Å². The van der Waals surface area contributed by atoms with E-state index in [1.165, 1.54) is 0 Å². The second-order valence-corrected chi connectivity index (χ2v) is 4.67. The van der Waals surface area contributed by atoms with Crippen LogP contribution in [0.25, 0.3) is 11.0 Å². The summed E-state index contributed by atoms with van der Waals surface area (Å²) in [6.07, 6.45) is 3.33. The zero-order chi connectivity index (χ0) is 11.8. The number of rotatable bonds is 2. The van der Waals surface area contributed by atoms with Crippen LogP contribution in [0.4, 0.5) is 0 Å². The molecule has 0 amide bonds. The average molecular weight is 296 g/mol. The topological polar surface area (TPSA) is 64.3 Å². The van der Waals surface area contributed by atoms with Crippen LogP contribution < -0.4 is 5.43 Å². The van der Waals surface area contributed by atoms with Gasteiger partial charge < -0.3 is 4.74 Å². The van der Waals surface area contributed by atoms with Crippen LogP contribution in [0, 0.1) is 0 Å². The Morgan fingerprint density at radius 1 is 1.53 bits per heavy atom. The van der Waals surface area contributed by atoms with Crippen molar-refractivity contribution in [1.82, 2.24) is 20.2 Å². The van der Waals surface area contributed by atoms with Gasteiger partial charge in [-0.25, -0.2) is 0 Å². The SMILES string of the molecule is CC1=NNC(Cn2ncc3ncc(Br)cc32)O1. The van der Waals surface area contributed by atoms with Crippen molar-refractivity contribution in [1.29, 1.82) is 0 Å². The number of halogens is 1. The lowest BCUT2D eigenvalue weighted by Crippen LogP contribution is -2.27. The van der Waals surface area contributed by atoms with E-state index in [1.807, 2.05) is 17.7 Å². The van der Waals surface area contributed by atoms with E-state index in [2.05, 4.69) is 36.5 Å². The van der Waals surface area contributed by atoms with Gasteiger partial charge in [-0.3, -0.25) is 15.1 Å². The Morgan fingerprint density at radius 3 is 3.18 bits per heavy atom. The minimum Gasteiger partial charge on any atom is -0.453 e. The van der Waals surface area contributed by atoms with Gasteiger partial charge in [0, 0.05) is 17.6 Å². The van der Waals surface area contributed by atoms with Crippen LogP contribution in [-0.4, -0.2) is 26.9 Å². The summed E-state index contributed by atoms with van der Waals surface area (Å²) in [5.41, 5.74) is 4.73. The first-order chi connectivity index (χ1) is 8.22. The molecule has 2 aromatic rings. The largest absolute Gasteiger partial charge is 0.453 e. The molecule has 0 fully saturated rings. The molecule has 0 aliphatic carbocycles. The van der Waals surface area contributed by atoms with Gasteiger partial charge in [-0.2, -0.15) is 5.10 Å². The summed E-state index contributed by atoms with van der Waals surface area (Å²) in [5, 5.41) is 8.26. The number of fused-ring (bicyclic) bond motifs is 1. The minimum absolute atomic E-state index is 0.169. The number of nitrogens with zero attached hydrogens (tertiary/aromatic N) is 4. The Kier molecular flexibility index (Phi) is 2.47. The van der Waals surface area contributed by atoms with Crippen LogP contribution >= 0.6 is 15.9 Å². The molecule has 0 bridgehead atoms. The van der Waals surface area contributed by atoms with E-state index in [0.29, 0.717) is 12.4 Å². The predicted molar refractivity (Wildman–Crippen MR) is 66.3 cm³/mol. The zero-order valence-corrected chi connectivity index (χ0v) is 10.7. The summed E-state index contributed by atoms with van der Waals surface area (Å²) in [7, 11) is 0. The molecule has 88 valence electrons. The number of ether oxygens (including phenoxy) is 1. The fourth-order valence-electron chi connectivity index (χ4n) is 1.73. The molecule has 6 nitrogen and oxygen atoms in total. The van der Waals surface area contributed by atoms with Crippen molar-refractivity contribution < 1.29 is 4.74 Å². The van der Waals surface area contributed by atoms with Gasteiger partial charge in [-0.1, -0.05) is 0 Å². The first kappa shape index (κ1) is 10.5. The third-order valence-corrected chi connectivity index (χ3v) is 2.91. The summed E-state index contributed by atoms with van der Waals surface area (Å²) in [5.74, 6) is 0.644. The third kappa shape index (κ3) is 1.97. The van der Waals surface area contributed by atoms with E-state index in [1.54, 1.807) is 12.4 Å². The number of hydrogen-bond donors (Lipinski definition) is 1. The second kappa shape index (κ2) is 3.99. The normalized spacial score (nSPS) is 18.9. The Labute approximate surface area is 106 Å². The van der Waals surface area contributed by atoms with Gasteiger partial charge in [0.2, 0.25) is 12.1 Å². The molecule has 1 aliphatic rings. The van der Waals surface area contributed by atoms with Gasteiger partial charge >= 0.3 is 0 Å². The lowest BCUT2D eigenvalue weighted by molar-refractivity contribution is 0.161. The van der Waals surface area contributed by atoms with Crippen LogP contribution in [0.15, 0.2) is 28.0 Å². The van der Waals surface area contributed by atoms with Crippen molar-refractivity contribution in [3.8, 4) is 0 Å². The summed E-state index contributed by atoms with van der Waals surface area (Å²) < 4.78 is 8.24. The van der Waals surface area contributed by atoms with Crippen LogP contribution in [0.2, 0.25) is 0 Å². The quantitative estimate of drug-likeness (QED) is 0.911.